The Morgan fingerprint density at radius 2 is 2.57 bits per heavy atom. The first-order valence-electron chi connectivity index (χ1n) is 3.89. The van der Waals surface area contributed by atoms with Crippen LogP contribution in [0.3, 0.4) is 0 Å². The second-order valence-corrected chi connectivity index (χ2v) is 3.16. The van der Waals surface area contributed by atoms with E-state index in [9.17, 15) is 4.79 Å². The number of H-pyrrole nitrogens is 1. The van der Waals surface area contributed by atoms with E-state index >= 15 is 0 Å². The molecule has 14 heavy (non-hydrogen) atoms. The van der Waals surface area contributed by atoms with Crippen molar-refractivity contribution in [1.82, 2.24) is 24.9 Å². The maximum Gasteiger partial charge on any atom is 0.273 e. The SMILES string of the molecule is O=C(NCc1cnc[nH]1)c1csnn1. The topological polar surface area (TPSA) is 83.6 Å². The number of aromatic nitrogens is 4. The second kappa shape index (κ2) is 3.97. The normalized spacial score (nSPS) is 10.0. The Morgan fingerprint density at radius 1 is 1.64 bits per heavy atom. The third kappa shape index (κ3) is 1.94. The first-order valence-corrected chi connectivity index (χ1v) is 4.72. The quantitative estimate of drug-likeness (QED) is 0.755. The molecule has 1 amide bonds. The van der Waals surface area contributed by atoms with Gasteiger partial charge in [-0.05, 0) is 11.5 Å². The van der Waals surface area contributed by atoms with Crippen LogP contribution in [0, 0.1) is 0 Å². The number of nitrogens with one attached hydrogen (secondary N) is 2. The lowest BCUT2D eigenvalue weighted by molar-refractivity contribution is 0.0945. The van der Waals surface area contributed by atoms with Crippen molar-refractivity contribution in [3.63, 3.8) is 0 Å². The standard InChI is InChI=1S/C7H7N5OS/c13-7(6-3-14-12-11-6)9-2-5-1-8-4-10-5/h1,3-4H,2H2,(H,8,10)(H,9,13). The first-order chi connectivity index (χ1) is 6.86. The predicted molar refractivity (Wildman–Crippen MR) is 49.7 cm³/mol. The lowest BCUT2D eigenvalue weighted by atomic mass is 10.4. The summed E-state index contributed by atoms with van der Waals surface area (Å²) >= 11 is 1.15. The fourth-order valence-corrected chi connectivity index (χ4v) is 1.35. The number of aromatic amines is 1. The Bertz CT molecular complexity index is 396. The van der Waals surface area contributed by atoms with Crippen LogP contribution in [-0.4, -0.2) is 25.5 Å². The van der Waals surface area contributed by atoms with E-state index in [0.717, 1.165) is 17.2 Å². The van der Waals surface area contributed by atoms with E-state index in [-0.39, 0.29) is 5.91 Å². The summed E-state index contributed by atoms with van der Waals surface area (Å²) in [5.41, 5.74) is 1.19. The number of carbonyl (C=O) groups is 1. The van der Waals surface area contributed by atoms with E-state index in [4.69, 9.17) is 0 Å². The molecule has 0 aliphatic carbocycles. The van der Waals surface area contributed by atoms with Gasteiger partial charge >= 0.3 is 0 Å². The molecule has 0 unspecified atom stereocenters. The third-order valence-corrected chi connectivity index (χ3v) is 2.09. The Morgan fingerprint density at radius 3 is 3.21 bits per heavy atom. The van der Waals surface area contributed by atoms with Crippen molar-refractivity contribution in [3.8, 4) is 0 Å². The molecule has 2 aromatic heterocycles. The maximum atomic E-state index is 11.4. The molecular weight excluding hydrogens is 202 g/mol. The lowest BCUT2D eigenvalue weighted by Gasteiger charge is -1.98. The van der Waals surface area contributed by atoms with E-state index in [1.54, 1.807) is 17.9 Å². The molecule has 6 nitrogen and oxygen atoms in total. The maximum absolute atomic E-state index is 11.4. The Kier molecular flexibility index (Phi) is 2.50. The van der Waals surface area contributed by atoms with Gasteiger partial charge in [0, 0.05) is 11.6 Å². The van der Waals surface area contributed by atoms with Gasteiger partial charge in [0.15, 0.2) is 5.69 Å². The number of hydrogen-bond donors (Lipinski definition) is 2. The summed E-state index contributed by atoms with van der Waals surface area (Å²) in [5.74, 6) is -0.228. The fraction of sp³-hybridized carbons (Fsp3) is 0.143. The van der Waals surface area contributed by atoms with Crippen LogP contribution in [0.15, 0.2) is 17.9 Å². The van der Waals surface area contributed by atoms with Crippen molar-refractivity contribution in [2.75, 3.05) is 0 Å². The zero-order chi connectivity index (χ0) is 9.80. The predicted octanol–water partition coefficient (Wildman–Crippen LogP) is 0.191. The first kappa shape index (κ1) is 8.82. The molecule has 2 N–H and O–H groups in total. The van der Waals surface area contributed by atoms with Crippen LogP contribution in [0.4, 0.5) is 0 Å². The molecule has 0 saturated carbocycles. The van der Waals surface area contributed by atoms with Gasteiger partial charge in [0.2, 0.25) is 0 Å². The molecule has 0 saturated heterocycles. The summed E-state index contributed by atoms with van der Waals surface area (Å²) in [7, 11) is 0. The number of amides is 1. The monoisotopic (exact) mass is 209 g/mol. The van der Waals surface area contributed by atoms with Crippen molar-refractivity contribution < 1.29 is 4.79 Å². The number of imidazole rings is 1. The number of nitrogens with zero attached hydrogens (tertiary/aromatic N) is 3. The molecule has 0 aromatic carbocycles. The van der Waals surface area contributed by atoms with Gasteiger partial charge in [-0.1, -0.05) is 4.49 Å². The summed E-state index contributed by atoms with van der Waals surface area (Å²) in [4.78, 5) is 18.1. The lowest BCUT2D eigenvalue weighted by Crippen LogP contribution is -2.23. The van der Waals surface area contributed by atoms with Crippen LogP contribution in [-0.2, 0) is 6.54 Å². The van der Waals surface area contributed by atoms with Crippen molar-refractivity contribution >= 4 is 17.4 Å². The molecule has 0 aliphatic heterocycles. The minimum atomic E-state index is -0.228. The zero-order valence-electron chi connectivity index (χ0n) is 7.10. The molecule has 0 radical (unpaired) electrons. The highest BCUT2D eigenvalue weighted by molar-refractivity contribution is 7.03. The molecule has 72 valence electrons. The molecular formula is C7H7N5OS. The van der Waals surface area contributed by atoms with Gasteiger partial charge in [0.05, 0.1) is 18.6 Å². The molecule has 0 bridgehead atoms. The number of rotatable bonds is 3. The van der Waals surface area contributed by atoms with Crippen LogP contribution in [0.25, 0.3) is 0 Å². The highest BCUT2D eigenvalue weighted by Gasteiger charge is 2.07. The van der Waals surface area contributed by atoms with Crippen molar-refractivity contribution in [3.05, 3.63) is 29.3 Å². The average Bonchev–Trinajstić information content (AvgIpc) is 2.87. The second-order valence-electron chi connectivity index (χ2n) is 2.55. The third-order valence-electron chi connectivity index (χ3n) is 1.59. The van der Waals surface area contributed by atoms with Gasteiger partial charge < -0.3 is 10.3 Å². The molecule has 0 fully saturated rings. The number of carbonyl (C=O) groups excluding carboxylic acids is 1. The molecule has 2 rings (SSSR count). The smallest absolute Gasteiger partial charge is 0.273 e. The molecule has 0 aliphatic rings. The van der Waals surface area contributed by atoms with Crippen molar-refractivity contribution in [1.29, 1.82) is 0 Å². The van der Waals surface area contributed by atoms with Gasteiger partial charge in [-0.25, -0.2) is 4.98 Å². The van der Waals surface area contributed by atoms with Gasteiger partial charge in [-0.2, -0.15) is 0 Å². The largest absolute Gasteiger partial charge is 0.347 e. The molecule has 2 heterocycles. The van der Waals surface area contributed by atoms with Crippen LogP contribution >= 0.6 is 11.5 Å². The van der Waals surface area contributed by atoms with E-state index in [1.165, 1.54) is 0 Å². The molecule has 0 spiro atoms. The number of hydrogen-bond acceptors (Lipinski definition) is 5. The van der Waals surface area contributed by atoms with Crippen LogP contribution in [0.1, 0.15) is 16.2 Å². The van der Waals surface area contributed by atoms with Crippen molar-refractivity contribution in [2.45, 2.75) is 6.54 Å². The summed E-state index contributed by atoms with van der Waals surface area (Å²) in [6.45, 7) is 0.413. The summed E-state index contributed by atoms with van der Waals surface area (Å²) in [5, 5.41) is 7.93. The van der Waals surface area contributed by atoms with E-state index in [0.29, 0.717) is 12.2 Å². The van der Waals surface area contributed by atoms with E-state index < -0.39 is 0 Å². The Hall–Kier alpha value is -1.76. The van der Waals surface area contributed by atoms with Gasteiger partial charge in [0.1, 0.15) is 0 Å². The molecule has 2 aromatic rings. The highest BCUT2D eigenvalue weighted by atomic mass is 32.1. The minimum Gasteiger partial charge on any atom is -0.347 e. The van der Waals surface area contributed by atoms with Crippen LogP contribution in [0.5, 0.6) is 0 Å². The van der Waals surface area contributed by atoms with Crippen LogP contribution < -0.4 is 5.32 Å². The minimum absolute atomic E-state index is 0.228. The van der Waals surface area contributed by atoms with E-state index in [2.05, 4.69) is 24.9 Å². The summed E-state index contributed by atoms with van der Waals surface area (Å²) in [6, 6.07) is 0. The molecule has 0 atom stereocenters. The van der Waals surface area contributed by atoms with Gasteiger partial charge in [-0.15, -0.1) is 5.10 Å². The summed E-state index contributed by atoms with van der Waals surface area (Å²) < 4.78 is 3.60. The molecule has 7 heteroatoms. The van der Waals surface area contributed by atoms with Crippen molar-refractivity contribution in [2.24, 2.45) is 0 Å². The average molecular weight is 209 g/mol. The highest BCUT2D eigenvalue weighted by Crippen LogP contribution is 1.97. The van der Waals surface area contributed by atoms with Crippen LogP contribution in [0.2, 0.25) is 0 Å². The fourth-order valence-electron chi connectivity index (χ4n) is 0.911. The Balaban J connectivity index is 1.90. The van der Waals surface area contributed by atoms with E-state index in [1.807, 2.05) is 0 Å². The van der Waals surface area contributed by atoms with Gasteiger partial charge in [-0.3, -0.25) is 4.79 Å². The van der Waals surface area contributed by atoms with Gasteiger partial charge in [0.25, 0.3) is 5.91 Å². The Labute approximate surface area is 83.5 Å². The summed E-state index contributed by atoms with van der Waals surface area (Å²) in [6.07, 6.45) is 3.21. The zero-order valence-corrected chi connectivity index (χ0v) is 7.91.